The lowest BCUT2D eigenvalue weighted by molar-refractivity contribution is -0.115. The van der Waals surface area contributed by atoms with Crippen molar-refractivity contribution in [2.24, 2.45) is 0 Å². The molecule has 2 heterocycles. The van der Waals surface area contributed by atoms with Crippen LogP contribution >= 0.6 is 11.3 Å². The van der Waals surface area contributed by atoms with E-state index in [-0.39, 0.29) is 28.3 Å². The predicted octanol–water partition coefficient (Wildman–Crippen LogP) is 1.92. The molecule has 8 nitrogen and oxygen atoms in total. The summed E-state index contributed by atoms with van der Waals surface area (Å²) in [5, 5.41) is 4.35. The molecule has 25 heavy (non-hydrogen) atoms. The highest BCUT2D eigenvalue weighted by Crippen LogP contribution is 2.20. The van der Waals surface area contributed by atoms with Gasteiger partial charge in [0.15, 0.2) is 5.13 Å². The van der Waals surface area contributed by atoms with Gasteiger partial charge in [0.25, 0.3) is 10.0 Å². The fraction of sp³-hybridized carbons (Fsp3) is 0.0667. The van der Waals surface area contributed by atoms with E-state index < -0.39 is 10.0 Å². The molecule has 2 aromatic heterocycles. The van der Waals surface area contributed by atoms with E-state index >= 15 is 0 Å². The van der Waals surface area contributed by atoms with E-state index in [0.717, 1.165) is 11.3 Å². The Bertz CT molecular complexity index is 959. The number of hydrogen-bond donors (Lipinski definition) is 2. The lowest BCUT2D eigenvalue weighted by Gasteiger charge is -2.04. The zero-order valence-electron chi connectivity index (χ0n) is 12.8. The summed E-state index contributed by atoms with van der Waals surface area (Å²) in [6.45, 7) is 0. The number of benzene rings is 1. The zero-order valence-corrected chi connectivity index (χ0v) is 14.4. The number of aromatic nitrogens is 3. The number of rotatable bonds is 6. The fourth-order valence-corrected chi connectivity index (χ4v) is 3.89. The summed E-state index contributed by atoms with van der Waals surface area (Å²) in [5.74, 6) is -0.137. The number of anilines is 2. The molecular weight excluding hydrogens is 362 g/mol. The van der Waals surface area contributed by atoms with E-state index in [0.29, 0.717) is 5.69 Å². The van der Waals surface area contributed by atoms with Gasteiger partial charge in [-0.1, -0.05) is 18.2 Å². The quantitative estimate of drug-likeness (QED) is 0.680. The van der Waals surface area contributed by atoms with Crippen molar-refractivity contribution in [3.63, 3.8) is 0 Å². The Morgan fingerprint density at radius 2 is 1.80 bits per heavy atom. The zero-order chi connectivity index (χ0) is 17.7. The Balaban J connectivity index is 1.64. The smallest absolute Gasteiger partial charge is 0.263 e. The van der Waals surface area contributed by atoms with Gasteiger partial charge in [0.1, 0.15) is 0 Å². The van der Waals surface area contributed by atoms with Gasteiger partial charge in [-0.05, 0) is 18.2 Å². The van der Waals surface area contributed by atoms with Crippen LogP contribution < -0.4 is 10.0 Å². The van der Waals surface area contributed by atoms with E-state index in [4.69, 9.17) is 0 Å². The molecule has 0 saturated carbocycles. The molecule has 0 spiro atoms. The Labute approximate surface area is 148 Å². The van der Waals surface area contributed by atoms with Gasteiger partial charge in [-0.15, -0.1) is 11.3 Å². The highest BCUT2D eigenvalue weighted by molar-refractivity contribution is 7.93. The van der Waals surface area contributed by atoms with E-state index in [1.807, 2.05) is 0 Å². The number of sulfonamides is 1. The molecule has 128 valence electrons. The normalized spacial score (nSPS) is 11.0. The second kappa shape index (κ2) is 7.36. The van der Waals surface area contributed by atoms with Crippen LogP contribution in [0, 0.1) is 0 Å². The second-order valence-electron chi connectivity index (χ2n) is 4.86. The minimum Gasteiger partial charge on any atom is -0.294 e. The molecule has 0 bridgehead atoms. The predicted molar refractivity (Wildman–Crippen MR) is 93.7 cm³/mol. The molecule has 2 N–H and O–H groups in total. The Morgan fingerprint density at radius 3 is 2.52 bits per heavy atom. The first-order chi connectivity index (χ1) is 12.0. The first kappa shape index (κ1) is 17.0. The summed E-state index contributed by atoms with van der Waals surface area (Å²) < 4.78 is 26.9. The number of carbonyl (C=O) groups is 1. The maximum atomic E-state index is 12.2. The van der Waals surface area contributed by atoms with Crippen molar-refractivity contribution in [2.75, 3.05) is 10.0 Å². The van der Waals surface area contributed by atoms with Crippen LogP contribution in [-0.4, -0.2) is 29.3 Å². The lowest BCUT2D eigenvalue weighted by Crippen LogP contribution is -2.16. The monoisotopic (exact) mass is 375 g/mol. The van der Waals surface area contributed by atoms with Crippen molar-refractivity contribution in [3.05, 3.63) is 59.9 Å². The van der Waals surface area contributed by atoms with Crippen molar-refractivity contribution in [1.29, 1.82) is 0 Å². The molecule has 0 aliphatic carbocycles. The SMILES string of the molecule is O=C(Cc1csc(NS(=O)(=O)c2ccccc2)n1)Nc1ncccn1. The number of carbonyl (C=O) groups excluding carboxylic acids is 1. The van der Waals surface area contributed by atoms with Crippen molar-refractivity contribution in [3.8, 4) is 0 Å². The van der Waals surface area contributed by atoms with Gasteiger partial charge in [0.05, 0.1) is 17.0 Å². The molecule has 3 rings (SSSR count). The number of nitrogens with zero attached hydrogens (tertiary/aromatic N) is 3. The third kappa shape index (κ3) is 4.58. The average molecular weight is 375 g/mol. The molecule has 0 unspecified atom stereocenters. The van der Waals surface area contributed by atoms with E-state index in [1.165, 1.54) is 24.5 Å². The summed E-state index contributed by atoms with van der Waals surface area (Å²) in [5.41, 5.74) is 0.448. The van der Waals surface area contributed by atoms with E-state index in [9.17, 15) is 13.2 Å². The van der Waals surface area contributed by atoms with Crippen molar-refractivity contribution in [2.45, 2.75) is 11.3 Å². The number of amides is 1. The van der Waals surface area contributed by atoms with Gasteiger partial charge in [-0.3, -0.25) is 14.8 Å². The maximum absolute atomic E-state index is 12.2. The molecule has 1 amide bonds. The third-order valence-corrected chi connectivity index (χ3v) is 5.28. The molecule has 0 radical (unpaired) electrons. The van der Waals surface area contributed by atoms with Crippen LogP contribution in [0.25, 0.3) is 0 Å². The summed E-state index contributed by atoms with van der Waals surface area (Å²) in [6.07, 6.45) is 3.02. The van der Waals surface area contributed by atoms with Gasteiger partial charge in [0.2, 0.25) is 11.9 Å². The largest absolute Gasteiger partial charge is 0.294 e. The molecule has 1 aromatic carbocycles. The highest BCUT2D eigenvalue weighted by atomic mass is 32.2. The van der Waals surface area contributed by atoms with Gasteiger partial charge in [-0.2, -0.15) is 0 Å². The number of hydrogen-bond acceptors (Lipinski definition) is 7. The Kier molecular flexibility index (Phi) is 5.00. The molecular formula is C15H13N5O3S2. The fourth-order valence-electron chi connectivity index (χ4n) is 1.91. The van der Waals surface area contributed by atoms with Crippen molar-refractivity contribution < 1.29 is 13.2 Å². The van der Waals surface area contributed by atoms with Crippen LogP contribution in [0.15, 0.2) is 59.1 Å². The van der Waals surface area contributed by atoms with Crippen LogP contribution in [0.1, 0.15) is 5.69 Å². The van der Waals surface area contributed by atoms with Gasteiger partial charge in [-0.25, -0.2) is 23.4 Å². The molecule has 3 aromatic rings. The summed E-state index contributed by atoms with van der Waals surface area (Å²) in [6, 6.07) is 9.63. The average Bonchev–Trinajstić information content (AvgIpc) is 3.02. The molecule has 10 heteroatoms. The Hall–Kier alpha value is -2.85. The van der Waals surface area contributed by atoms with E-state index in [2.05, 4.69) is 25.0 Å². The summed E-state index contributed by atoms with van der Waals surface area (Å²) >= 11 is 1.11. The minimum absolute atomic E-state index is 0.0121. The minimum atomic E-state index is -3.70. The van der Waals surface area contributed by atoms with Crippen LogP contribution in [0.5, 0.6) is 0 Å². The number of thiazole rings is 1. The van der Waals surface area contributed by atoms with Crippen LogP contribution in [0.3, 0.4) is 0 Å². The molecule has 0 aliphatic heterocycles. The van der Waals surface area contributed by atoms with Gasteiger partial charge >= 0.3 is 0 Å². The molecule has 0 fully saturated rings. The maximum Gasteiger partial charge on any atom is 0.263 e. The topological polar surface area (TPSA) is 114 Å². The molecule has 0 aliphatic rings. The van der Waals surface area contributed by atoms with Crippen molar-refractivity contribution >= 4 is 38.3 Å². The van der Waals surface area contributed by atoms with Crippen LogP contribution in [-0.2, 0) is 21.2 Å². The standard InChI is InChI=1S/C15H13N5O3S2/c21-13(19-14-16-7-4-8-17-14)9-11-10-24-15(18-11)20-25(22,23)12-5-2-1-3-6-12/h1-8,10H,9H2,(H,18,20)(H,16,17,19,21). The van der Waals surface area contributed by atoms with E-state index in [1.54, 1.807) is 29.6 Å². The third-order valence-electron chi connectivity index (χ3n) is 2.99. The summed E-state index contributed by atoms with van der Waals surface area (Å²) in [7, 11) is -3.70. The highest BCUT2D eigenvalue weighted by Gasteiger charge is 2.16. The molecule has 0 atom stereocenters. The molecule has 0 saturated heterocycles. The second-order valence-corrected chi connectivity index (χ2v) is 7.40. The van der Waals surface area contributed by atoms with Gasteiger partial charge in [0, 0.05) is 17.8 Å². The van der Waals surface area contributed by atoms with Crippen LogP contribution in [0.2, 0.25) is 0 Å². The first-order valence-electron chi connectivity index (χ1n) is 7.12. The van der Waals surface area contributed by atoms with Crippen molar-refractivity contribution in [1.82, 2.24) is 15.0 Å². The van der Waals surface area contributed by atoms with Crippen LogP contribution in [0.4, 0.5) is 11.1 Å². The first-order valence-corrected chi connectivity index (χ1v) is 9.48. The van der Waals surface area contributed by atoms with Gasteiger partial charge < -0.3 is 0 Å². The number of nitrogens with one attached hydrogen (secondary N) is 2. The summed E-state index contributed by atoms with van der Waals surface area (Å²) in [4.78, 5) is 24.0. The Morgan fingerprint density at radius 1 is 1.08 bits per heavy atom. The lowest BCUT2D eigenvalue weighted by atomic mass is 10.3.